The van der Waals surface area contributed by atoms with Crippen molar-refractivity contribution in [1.29, 1.82) is 5.26 Å². The van der Waals surface area contributed by atoms with E-state index in [9.17, 15) is 19.6 Å². The normalized spacial score (nSPS) is 16.8. The van der Waals surface area contributed by atoms with Gasteiger partial charge < -0.3 is 24.4 Å². The topological polar surface area (TPSA) is 149 Å². The molecule has 12 nitrogen and oxygen atoms in total. The Hall–Kier alpha value is -4.79. The summed E-state index contributed by atoms with van der Waals surface area (Å²) in [6.07, 6.45) is 9.85. The number of anilines is 3. The molecule has 1 aliphatic carbocycles. The van der Waals surface area contributed by atoms with Crippen LogP contribution in [-0.2, 0) is 4.79 Å². The molecule has 2 saturated heterocycles. The van der Waals surface area contributed by atoms with E-state index in [0.717, 1.165) is 37.9 Å². The van der Waals surface area contributed by atoms with Crippen molar-refractivity contribution in [2.24, 2.45) is 0 Å². The molecule has 2 aromatic heterocycles. The van der Waals surface area contributed by atoms with Crippen molar-refractivity contribution < 1.29 is 18.8 Å². The van der Waals surface area contributed by atoms with Crippen molar-refractivity contribution in [3.05, 3.63) is 59.7 Å². The molecule has 3 aliphatic rings. The molecule has 0 atom stereocenters. The van der Waals surface area contributed by atoms with Gasteiger partial charge in [0, 0.05) is 76.0 Å². The van der Waals surface area contributed by atoms with Crippen LogP contribution in [0, 0.1) is 11.3 Å². The molecule has 0 bridgehead atoms. The number of nitrogens with one attached hydrogen (secondary N) is 1. The smallest absolute Gasteiger partial charge is 0.277 e. The molecule has 1 N–H and O–H groups in total. The number of hydrogen-bond donors (Lipinski definition) is 1. The van der Waals surface area contributed by atoms with Crippen molar-refractivity contribution in [1.82, 2.24) is 19.9 Å². The standard InChI is InChI=1S/C31H34N8O4/c32-19-24-29(34-11-10-33-24)39-16-14-37(15-17-39)26-9-8-22(27(40)4-1-2-12-38-13-3-5-28(38)41)18-23(26)35-30(42)25-20-43-31(36-25)21-6-7-21/h8-11,18,20-21H,1-7,12-17H2,(H,35,42). The first-order valence-electron chi connectivity index (χ1n) is 14.9. The Morgan fingerprint density at radius 1 is 1.05 bits per heavy atom. The second-order valence-corrected chi connectivity index (χ2v) is 11.2. The molecule has 6 rings (SSSR count). The van der Waals surface area contributed by atoms with Crippen LogP contribution in [0.15, 0.2) is 41.3 Å². The zero-order valence-electron chi connectivity index (χ0n) is 24.0. The van der Waals surface area contributed by atoms with Crippen molar-refractivity contribution in [2.45, 2.75) is 50.9 Å². The number of nitriles is 1. The summed E-state index contributed by atoms with van der Waals surface area (Å²) >= 11 is 0. The third kappa shape index (κ3) is 6.51. The summed E-state index contributed by atoms with van der Waals surface area (Å²) in [4.78, 5) is 57.2. The number of carbonyl (C=O) groups is 3. The Bertz CT molecular complexity index is 1550. The number of benzene rings is 1. The predicted octanol–water partition coefficient (Wildman–Crippen LogP) is 3.77. The summed E-state index contributed by atoms with van der Waals surface area (Å²) in [5, 5.41) is 12.4. The van der Waals surface area contributed by atoms with Gasteiger partial charge in [-0.2, -0.15) is 5.26 Å². The molecular formula is C31H34N8O4. The fourth-order valence-corrected chi connectivity index (χ4v) is 5.65. The Morgan fingerprint density at radius 2 is 1.84 bits per heavy atom. The predicted molar refractivity (Wildman–Crippen MR) is 158 cm³/mol. The zero-order chi connectivity index (χ0) is 29.8. The van der Waals surface area contributed by atoms with Crippen LogP contribution in [0.25, 0.3) is 0 Å². The lowest BCUT2D eigenvalue weighted by Gasteiger charge is -2.37. The Morgan fingerprint density at radius 3 is 2.58 bits per heavy atom. The van der Waals surface area contributed by atoms with Gasteiger partial charge in [-0.1, -0.05) is 0 Å². The number of unbranched alkanes of at least 4 members (excludes halogenated alkanes) is 1. The van der Waals surface area contributed by atoms with E-state index in [1.165, 1.54) is 12.5 Å². The molecule has 43 heavy (non-hydrogen) atoms. The van der Waals surface area contributed by atoms with Crippen LogP contribution in [0.3, 0.4) is 0 Å². The highest BCUT2D eigenvalue weighted by molar-refractivity contribution is 6.06. The number of hydrogen-bond acceptors (Lipinski definition) is 10. The number of oxazole rings is 1. The van der Waals surface area contributed by atoms with Crippen LogP contribution >= 0.6 is 0 Å². The first kappa shape index (κ1) is 28.3. The van der Waals surface area contributed by atoms with Gasteiger partial charge in [0.05, 0.1) is 11.4 Å². The minimum Gasteiger partial charge on any atom is -0.448 e. The van der Waals surface area contributed by atoms with Gasteiger partial charge in [0.2, 0.25) is 5.91 Å². The van der Waals surface area contributed by atoms with Gasteiger partial charge in [-0.3, -0.25) is 14.4 Å². The third-order valence-electron chi connectivity index (χ3n) is 8.21. The summed E-state index contributed by atoms with van der Waals surface area (Å²) in [6, 6.07) is 7.53. The molecule has 2 amide bonds. The number of carbonyl (C=O) groups excluding carboxylic acids is 3. The van der Waals surface area contributed by atoms with Crippen LogP contribution in [0.5, 0.6) is 0 Å². The lowest BCUT2D eigenvalue weighted by Crippen LogP contribution is -2.47. The molecule has 1 saturated carbocycles. The molecule has 12 heteroatoms. The number of likely N-dealkylation sites (tertiary alicyclic amines) is 1. The molecule has 0 unspecified atom stereocenters. The number of Topliss-reactive ketones (excluding diaryl/α,β-unsaturated/α-hetero) is 1. The first-order chi connectivity index (χ1) is 21.0. The molecule has 0 spiro atoms. The van der Waals surface area contributed by atoms with Crippen LogP contribution in [0.4, 0.5) is 17.2 Å². The number of ketones is 1. The molecule has 3 aromatic rings. The van der Waals surface area contributed by atoms with Crippen molar-refractivity contribution in [3.8, 4) is 6.07 Å². The van der Waals surface area contributed by atoms with Gasteiger partial charge in [-0.05, 0) is 50.3 Å². The highest BCUT2D eigenvalue weighted by Crippen LogP contribution is 2.39. The molecular weight excluding hydrogens is 548 g/mol. The van der Waals surface area contributed by atoms with E-state index in [0.29, 0.717) is 74.9 Å². The molecule has 2 aliphatic heterocycles. The van der Waals surface area contributed by atoms with E-state index in [1.54, 1.807) is 18.3 Å². The lowest BCUT2D eigenvalue weighted by atomic mass is 10.0. The van der Waals surface area contributed by atoms with E-state index in [1.807, 2.05) is 15.9 Å². The Kier molecular flexibility index (Phi) is 8.31. The van der Waals surface area contributed by atoms with Crippen LogP contribution < -0.4 is 15.1 Å². The maximum absolute atomic E-state index is 13.2. The van der Waals surface area contributed by atoms with E-state index in [2.05, 4.69) is 31.2 Å². The van der Waals surface area contributed by atoms with Crippen molar-refractivity contribution in [3.63, 3.8) is 0 Å². The van der Waals surface area contributed by atoms with Gasteiger partial charge in [-0.15, -0.1) is 0 Å². The second-order valence-electron chi connectivity index (χ2n) is 11.2. The SMILES string of the molecule is N#Cc1nccnc1N1CCN(c2ccc(C(=O)CCCCN3CCCC3=O)cc2NC(=O)c2coc(C3CC3)n2)CC1. The Labute approximate surface area is 249 Å². The van der Waals surface area contributed by atoms with Gasteiger partial charge in [0.25, 0.3) is 5.91 Å². The van der Waals surface area contributed by atoms with Crippen molar-refractivity contribution >= 4 is 34.8 Å². The lowest BCUT2D eigenvalue weighted by molar-refractivity contribution is -0.127. The highest BCUT2D eigenvalue weighted by atomic mass is 16.3. The number of nitrogens with zero attached hydrogens (tertiary/aromatic N) is 7. The second kappa shape index (κ2) is 12.6. The maximum atomic E-state index is 13.2. The first-order valence-corrected chi connectivity index (χ1v) is 14.9. The maximum Gasteiger partial charge on any atom is 0.277 e. The molecule has 4 heterocycles. The molecule has 222 valence electrons. The quantitative estimate of drug-likeness (QED) is 0.262. The van der Waals surface area contributed by atoms with Crippen LogP contribution in [-0.4, -0.2) is 76.7 Å². The van der Waals surface area contributed by atoms with Crippen LogP contribution in [0.1, 0.15) is 83.3 Å². The summed E-state index contributed by atoms with van der Waals surface area (Å²) in [6.45, 7) is 3.93. The van der Waals surface area contributed by atoms with E-state index in [-0.39, 0.29) is 29.0 Å². The minimum absolute atomic E-state index is 0.0104. The summed E-state index contributed by atoms with van der Waals surface area (Å²) in [5.41, 5.74) is 2.34. The number of piperazine rings is 1. The van der Waals surface area contributed by atoms with Crippen LogP contribution in [0.2, 0.25) is 0 Å². The number of amides is 2. The van der Waals surface area contributed by atoms with Crippen molar-refractivity contribution in [2.75, 3.05) is 54.4 Å². The van der Waals surface area contributed by atoms with E-state index in [4.69, 9.17) is 4.42 Å². The average Bonchev–Trinajstić information content (AvgIpc) is 3.62. The summed E-state index contributed by atoms with van der Waals surface area (Å²) in [5.74, 6) is 1.22. The van der Waals surface area contributed by atoms with Gasteiger partial charge in [0.15, 0.2) is 28.9 Å². The average molecular weight is 583 g/mol. The summed E-state index contributed by atoms with van der Waals surface area (Å²) in [7, 11) is 0. The monoisotopic (exact) mass is 582 g/mol. The fourth-order valence-electron chi connectivity index (χ4n) is 5.65. The van der Waals surface area contributed by atoms with Gasteiger partial charge in [-0.25, -0.2) is 15.0 Å². The summed E-state index contributed by atoms with van der Waals surface area (Å²) < 4.78 is 5.53. The number of rotatable bonds is 11. The highest BCUT2D eigenvalue weighted by Gasteiger charge is 2.30. The zero-order valence-corrected chi connectivity index (χ0v) is 24.0. The largest absolute Gasteiger partial charge is 0.448 e. The minimum atomic E-state index is -0.395. The number of aromatic nitrogens is 3. The van der Waals surface area contributed by atoms with E-state index < -0.39 is 5.91 Å². The van der Waals surface area contributed by atoms with Gasteiger partial charge in [0.1, 0.15) is 12.3 Å². The molecule has 0 radical (unpaired) electrons. The fraction of sp³-hybridized carbons (Fsp3) is 0.452. The molecule has 3 fully saturated rings. The Balaban J connectivity index is 1.16. The third-order valence-corrected chi connectivity index (χ3v) is 8.21. The molecule has 1 aromatic carbocycles. The van der Waals surface area contributed by atoms with Gasteiger partial charge >= 0.3 is 0 Å². The van der Waals surface area contributed by atoms with E-state index >= 15 is 0 Å².